The lowest BCUT2D eigenvalue weighted by Crippen LogP contribution is -2.54. The molecule has 0 bridgehead atoms. The van der Waals surface area contributed by atoms with Gasteiger partial charge in [-0.2, -0.15) is 23.9 Å². The summed E-state index contributed by atoms with van der Waals surface area (Å²) in [5.74, 6) is 2.15. The largest absolute Gasteiger partial charge is 0.492 e. The number of fused-ring (bicyclic) bond motifs is 1. The van der Waals surface area contributed by atoms with E-state index in [-0.39, 0.29) is 25.5 Å². The number of aromatic nitrogens is 3. The highest BCUT2D eigenvalue weighted by molar-refractivity contribution is 7.59. The molecular weight excluding hydrogens is 550 g/mol. The fourth-order valence-electron chi connectivity index (χ4n) is 6.04. The number of carbonyl (C=O) groups excluding carboxylic acids is 1. The highest BCUT2D eigenvalue weighted by Gasteiger charge is 2.44. The molecule has 0 saturated carbocycles. The maximum Gasteiger partial charge on any atom is 0.227 e. The molecule has 3 aromatic heterocycles. The first-order valence-corrected chi connectivity index (χ1v) is 14.6. The lowest BCUT2D eigenvalue weighted by Gasteiger charge is -2.43. The van der Waals surface area contributed by atoms with Gasteiger partial charge in [0.25, 0.3) is 0 Å². The molecule has 2 fully saturated rings. The normalized spacial score (nSPS) is 18.6. The summed E-state index contributed by atoms with van der Waals surface area (Å²) in [6, 6.07) is 8.24. The van der Waals surface area contributed by atoms with Crippen LogP contribution in [-0.2, 0) is 9.53 Å². The average Bonchev–Trinajstić information content (AvgIpc) is 3.62. The Morgan fingerprint density at radius 3 is 2.64 bits per heavy atom. The summed E-state index contributed by atoms with van der Waals surface area (Å²) in [5.41, 5.74) is 2.56. The van der Waals surface area contributed by atoms with Gasteiger partial charge >= 0.3 is 0 Å². The second-order valence-electron chi connectivity index (χ2n) is 11.6. The maximum atomic E-state index is 13.6. The van der Waals surface area contributed by atoms with Crippen LogP contribution in [0.25, 0.3) is 16.6 Å². The first-order chi connectivity index (χ1) is 19.9. The minimum Gasteiger partial charge on any atom is -0.492 e. The molecular formula is C31H43N7O3S. The fourth-order valence-corrected chi connectivity index (χ4v) is 6.04. The topological polar surface area (TPSA) is 108 Å². The van der Waals surface area contributed by atoms with Gasteiger partial charge in [-0.25, -0.2) is 9.50 Å². The minimum absolute atomic E-state index is 0. The van der Waals surface area contributed by atoms with Gasteiger partial charge in [0.2, 0.25) is 5.91 Å². The van der Waals surface area contributed by atoms with E-state index in [1.807, 2.05) is 31.3 Å². The molecule has 42 heavy (non-hydrogen) atoms. The molecule has 1 N–H and O–H groups in total. The zero-order valence-electron chi connectivity index (χ0n) is 25.1. The molecule has 0 unspecified atom stereocenters. The van der Waals surface area contributed by atoms with Crippen molar-refractivity contribution < 1.29 is 14.3 Å². The van der Waals surface area contributed by atoms with Crippen molar-refractivity contribution >= 4 is 30.7 Å². The zero-order valence-corrected chi connectivity index (χ0v) is 26.1. The number of amides is 1. The van der Waals surface area contributed by atoms with Gasteiger partial charge < -0.3 is 19.7 Å². The number of likely N-dealkylation sites (tertiary alicyclic amines) is 1. The number of carbonyl (C=O) groups is 1. The van der Waals surface area contributed by atoms with Crippen LogP contribution in [0.5, 0.6) is 5.75 Å². The molecule has 3 aromatic rings. The van der Waals surface area contributed by atoms with E-state index < -0.39 is 5.41 Å². The molecule has 1 atom stereocenters. The van der Waals surface area contributed by atoms with Crippen LogP contribution in [0.15, 0.2) is 36.8 Å². The van der Waals surface area contributed by atoms with Crippen molar-refractivity contribution in [2.24, 2.45) is 11.3 Å². The number of ether oxygens (including phenoxy) is 2. The Bertz CT molecular complexity index is 1390. The molecule has 1 amide bonds. The van der Waals surface area contributed by atoms with Crippen LogP contribution in [0.2, 0.25) is 0 Å². The van der Waals surface area contributed by atoms with Gasteiger partial charge in [-0.15, -0.1) is 0 Å². The average molecular weight is 594 g/mol. The highest BCUT2D eigenvalue weighted by atomic mass is 32.1. The Morgan fingerprint density at radius 2 is 2.02 bits per heavy atom. The molecule has 2 aliphatic rings. The van der Waals surface area contributed by atoms with Crippen LogP contribution in [0, 0.1) is 22.7 Å². The molecule has 5 heterocycles. The number of rotatable bonds is 10. The van der Waals surface area contributed by atoms with Crippen molar-refractivity contribution in [3.05, 3.63) is 42.4 Å². The van der Waals surface area contributed by atoms with Crippen LogP contribution >= 0.6 is 13.5 Å². The summed E-state index contributed by atoms with van der Waals surface area (Å²) in [7, 11) is 1.77. The third-order valence-corrected chi connectivity index (χ3v) is 8.36. The van der Waals surface area contributed by atoms with E-state index in [0.717, 1.165) is 74.4 Å². The summed E-state index contributed by atoms with van der Waals surface area (Å²) < 4.78 is 13.0. The van der Waals surface area contributed by atoms with Crippen molar-refractivity contribution in [2.45, 2.75) is 46.1 Å². The number of anilines is 1. The molecule has 11 heteroatoms. The van der Waals surface area contributed by atoms with Crippen LogP contribution in [0.3, 0.4) is 0 Å². The summed E-state index contributed by atoms with van der Waals surface area (Å²) >= 11 is 0. The van der Waals surface area contributed by atoms with Gasteiger partial charge in [-0.05, 0) is 50.3 Å². The number of piperidine rings is 1. The maximum absolute atomic E-state index is 13.6. The van der Waals surface area contributed by atoms with E-state index in [1.165, 1.54) is 0 Å². The second kappa shape index (κ2) is 13.8. The molecule has 226 valence electrons. The van der Waals surface area contributed by atoms with Crippen molar-refractivity contribution in [2.75, 3.05) is 57.9 Å². The van der Waals surface area contributed by atoms with Crippen LogP contribution in [-0.4, -0.2) is 84.5 Å². The predicted molar refractivity (Wildman–Crippen MR) is 168 cm³/mol. The molecule has 2 aliphatic heterocycles. The van der Waals surface area contributed by atoms with Crippen LogP contribution in [0.4, 0.5) is 5.82 Å². The Kier molecular flexibility index (Phi) is 10.4. The molecule has 0 radical (unpaired) electrons. The van der Waals surface area contributed by atoms with Gasteiger partial charge in [0, 0.05) is 63.7 Å². The molecule has 2 saturated heterocycles. The number of nitrogens with zero attached hydrogens (tertiary/aromatic N) is 6. The summed E-state index contributed by atoms with van der Waals surface area (Å²) in [4.78, 5) is 23.1. The van der Waals surface area contributed by atoms with E-state index in [0.29, 0.717) is 30.4 Å². The van der Waals surface area contributed by atoms with Crippen LogP contribution in [0.1, 0.15) is 45.6 Å². The third-order valence-electron chi connectivity index (χ3n) is 8.36. The third kappa shape index (κ3) is 6.66. The number of methoxy groups -OCH3 is 1. The Labute approximate surface area is 255 Å². The van der Waals surface area contributed by atoms with Gasteiger partial charge in [-0.1, -0.05) is 13.8 Å². The fraction of sp³-hybridized carbons (Fsp3) is 0.548. The lowest BCUT2D eigenvalue weighted by molar-refractivity contribution is -0.133. The van der Waals surface area contributed by atoms with E-state index in [4.69, 9.17) is 14.5 Å². The SMILES string of the molecule is CCOc1cc(-c2ccc(N3CCC(CN4CC[C@@H](OC)C4)(C(=O)NCC(C)C)CC3)nc2)c2c(C#N)cnn2c1.S. The Balaban J connectivity index is 0.00000405. The predicted octanol–water partition coefficient (Wildman–Crippen LogP) is 3.86. The molecule has 0 spiro atoms. The van der Waals surface area contributed by atoms with E-state index >= 15 is 0 Å². The summed E-state index contributed by atoms with van der Waals surface area (Å²) in [6.45, 7) is 11.5. The van der Waals surface area contributed by atoms with E-state index in [2.05, 4.69) is 40.1 Å². The standard InChI is InChI=1S/C31H41N7O3.H2S/c1-5-41-26-14-27(29-24(15-32)18-35-38(29)20-26)23-6-7-28(33-17-23)37-12-9-31(10-13-37,30(39)34-16-22(2)3)21-36-11-8-25(19-36)40-4;/h6-7,14,17-18,20,22,25H,5,8-13,16,19,21H2,1-4H3,(H,34,39);1H2/t25-;/m1./s1. The Hall–Kier alpha value is -3.33. The van der Waals surface area contributed by atoms with Gasteiger partial charge in [-0.3, -0.25) is 9.69 Å². The van der Waals surface area contributed by atoms with Gasteiger partial charge in [0.15, 0.2) is 0 Å². The number of nitrogens with one attached hydrogen (secondary N) is 1. The molecule has 5 rings (SSSR count). The molecule has 0 aromatic carbocycles. The zero-order chi connectivity index (χ0) is 29.0. The first-order valence-electron chi connectivity index (χ1n) is 14.6. The van der Waals surface area contributed by atoms with Gasteiger partial charge in [0.1, 0.15) is 17.6 Å². The van der Waals surface area contributed by atoms with E-state index in [9.17, 15) is 10.1 Å². The molecule has 10 nitrogen and oxygen atoms in total. The highest BCUT2D eigenvalue weighted by Crippen LogP contribution is 2.37. The number of hydrogen-bond donors (Lipinski definition) is 1. The van der Waals surface area contributed by atoms with Crippen molar-refractivity contribution in [3.8, 4) is 22.9 Å². The van der Waals surface area contributed by atoms with Crippen molar-refractivity contribution in [1.82, 2.24) is 24.8 Å². The van der Waals surface area contributed by atoms with Crippen molar-refractivity contribution in [3.63, 3.8) is 0 Å². The quantitative estimate of drug-likeness (QED) is 0.378. The summed E-state index contributed by atoms with van der Waals surface area (Å²) in [5, 5.41) is 17.2. The second-order valence-corrected chi connectivity index (χ2v) is 11.6. The number of hydrogen-bond acceptors (Lipinski definition) is 8. The van der Waals surface area contributed by atoms with E-state index in [1.54, 1.807) is 24.0 Å². The summed E-state index contributed by atoms with van der Waals surface area (Å²) in [6.07, 6.45) is 8.01. The minimum atomic E-state index is -0.422. The Morgan fingerprint density at radius 1 is 1.24 bits per heavy atom. The molecule has 0 aliphatic carbocycles. The monoisotopic (exact) mass is 593 g/mol. The number of pyridine rings is 2. The lowest BCUT2D eigenvalue weighted by atomic mass is 9.76. The van der Waals surface area contributed by atoms with Crippen LogP contribution < -0.4 is 15.0 Å². The number of nitriles is 1. The van der Waals surface area contributed by atoms with Gasteiger partial charge in [0.05, 0.1) is 41.6 Å². The first kappa shape index (κ1) is 31.6. The smallest absolute Gasteiger partial charge is 0.227 e. The van der Waals surface area contributed by atoms with Crippen molar-refractivity contribution in [1.29, 1.82) is 5.26 Å².